The molecule has 0 aromatic rings. The highest BCUT2D eigenvalue weighted by molar-refractivity contribution is 5.83. The number of carbonyl (C=O) groups excluding carboxylic acids is 2. The molecule has 0 bridgehead atoms. The molecule has 19 heavy (non-hydrogen) atoms. The van der Waals surface area contributed by atoms with Crippen LogP contribution in [-0.4, -0.2) is 35.6 Å². The summed E-state index contributed by atoms with van der Waals surface area (Å²) in [6.45, 7) is 0.532. The van der Waals surface area contributed by atoms with Crippen molar-refractivity contribution in [1.82, 2.24) is 10.6 Å². The van der Waals surface area contributed by atoms with E-state index in [1.165, 1.54) is 12.8 Å². The molecule has 0 radical (unpaired) electrons. The highest BCUT2D eigenvalue weighted by Crippen LogP contribution is 2.33. The van der Waals surface area contributed by atoms with E-state index in [-0.39, 0.29) is 12.8 Å². The first-order valence-electron chi connectivity index (χ1n) is 6.54. The summed E-state index contributed by atoms with van der Waals surface area (Å²) in [5.74, 6) is -0.945. The summed E-state index contributed by atoms with van der Waals surface area (Å²) in [4.78, 5) is 32.9. The lowest BCUT2D eigenvalue weighted by Gasteiger charge is -2.14. The van der Waals surface area contributed by atoms with E-state index in [9.17, 15) is 14.4 Å². The molecule has 7 nitrogen and oxygen atoms in total. The minimum absolute atomic E-state index is 0.000159. The normalized spacial score (nSPS) is 15.6. The third-order valence-electron chi connectivity index (χ3n) is 3.05. The number of primary amides is 1. The molecule has 1 aliphatic carbocycles. The SMILES string of the molecule is NC(=O)CC[C@H](NC(=O)NCCCC1CC1)C(=O)O. The van der Waals surface area contributed by atoms with Crippen molar-refractivity contribution >= 4 is 17.9 Å². The molecule has 1 rings (SSSR count). The number of amides is 3. The van der Waals surface area contributed by atoms with E-state index < -0.39 is 23.9 Å². The molecule has 0 heterocycles. The van der Waals surface area contributed by atoms with Crippen molar-refractivity contribution in [2.45, 2.75) is 44.6 Å². The maximum Gasteiger partial charge on any atom is 0.326 e. The monoisotopic (exact) mass is 271 g/mol. The van der Waals surface area contributed by atoms with Crippen LogP contribution in [0.2, 0.25) is 0 Å². The molecule has 0 saturated heterocycles. The highest BCUT2D eigenvalue weighted by atomic mass is 16.4. The highest BCUT2D eigenvalue weighted by Gasteiger charge is 2.21. The van der Waals surface area contributed by atoms with Crippen molar-refractivity contribution in [2.75, 3.05) is 6.54 Å². The first-order valence-corrected chi connectivity index (χ1v) is 6.54. The molecule has 0 unspecified atom stereocenters. The molecule has 1 atom stereocenters. The van der Waals surface area contributed by atoms with Gasteiger partial charge in [0.05, 0.1) is 0 Å². The van der Waals surface area contributed by atoms with E-state index in [2.05, 4.69) is 10.6 Å². The lowest BCUT2D eigenvalue weighted by Crippen LogP contribution is -2.46. The maximum absolute atomic E-state index is 11.5. The molecule has 108 valence electrons. The van der Waals surface area contributed by atoms with Gasteiger partial charge in [0.2, 0.25) is 5.91 Å². The fourth-order valence-electron chi connectivity index (χ4n) is 1.75. The standard InChI is InChI=1S/C12H21N3O4/c13-10(16)6-5-9(11(17)18)15-12(19)14-7-1-2-8-3-4-8/h8-9H,1-7H2,(H2,13,16)(H,17,18)(H2,14,15,19)/t9-/m0/s1. The van der Waals surface area contributed by atoms with Crippen LogP contribution in [0.4, 0.5) is 4.79 Å². The van der Waals surface area contributed by atoms with E-state index in [4.69, 9.17) is 10.8 Å². The predicted molar refractivity (Wildman–Crippen MR) is 68.3 cm³/mol. The number of carboxylic acids is 1. The Balaban J connectivity index is 2.17. The van der Waals surface area contributed by atoms with Gasteiger partial charge in [0.15, 0.2) is 0 Å². The summed E-state index contributed by atoms with van der Waals surface area (Å²) in [6, 6.07) is -1.61. The average Bonchev–Trinajstić information content (AvgIpc) is 3.13. The van der Waals surface area contributed by atoms with Gasteiger partial charge >= 0.3 is 12.0 Å². The molecule has 1 saturated carbocycles. The topological polar surface area (TPSA) is 122 Å². The maximum atomic E-state index is 11.5. The third-order valence-corrected chi connectivity index (χ3v) is 3.05. The van der Waals surface area contributed by atoms with Crippen LogP contribution in [-0.2, 0) is 9.59 Å². The number of nitrogens with one attached hydrogen (secondary N) is 2. The zero-order chi connectivity index (χ0) is 14.3. The van der Waals surface area contributed by atoms with Crippen molar-refractivity contribution in [3.63, 3.8) is 0 Å². The predicted octanol–water partition coefficient (Wildman–Crippen LogP) is 0.194. The molecule has 5 N–H and O–H groups in total. The van der Waals surface area contributed by atoms with Gasteiger partial charge in [-0.1, -0.05) is 12.8 Å². The second-order valence-electron chi connectivity index (χ2n) is 4.88. The Bertz CT molecular complexity index is 342. The zero-order valence-electron chi connectivity index (χ0n) is 10.9. The van der Waals surface area contributed by atoms with Crippen LogP contribution in [0.5, 0.6) is 0 Å². The Labute approximate surface area is 111 Å². The summed E-state index contributed by atoms with van der Waals surface area (Å²) < 4.78 is 0. The van der Waals surface area contributed by atoms with Gasteiger partial charge in [0, 0.05) is 13.0 Å². The minimum atomic E-state index is -1.17. The number of rotatable bonds is 9. The lowest BCUT2D eigenvalue weighted by atomic mass is 10.1. The van der Waals surface area contributed by atoms with Crippen molar-refractivity contribution in [3.8, 4) is 0 Å². The second-order valence-corrected chi connectivity index (χ2v) is 4.88. The molecule has 1 aliphatic rings. The van der Waals surface area contributed by atoms with Crippen LogP contribution >= 0.6 is 0 Å². The Hall–Kier alpha value is -1.79. The van der Waals surface area contributed by atoms with Gasteiger partial charge in [0.25, 0.3) is 0 Å². The van der Waals surface area contributed by atoms with Crippen LogP contribution in [0, 0.1) is 5.92 Å². The Morgan fingerprint density at radius 2 is 2.00 bits per heavy atom. The fraction of sp³-hybridized carbons (Fsp3) is 0.750. The minimum Gasteiger partial charge on any atom is -0.480 e. The summed E-state index contributed by atoms with van der Waals surface area (Å²) in [6.07, 6.45) is 4.49. The quantitative estimate of drug-likeness (QED) is 0.447. The number of hydrogen-bond donors (Lipinski definition) is 4. The molecule has 0 aromatic carbocycles. The van der Waals surface area contributed by atoms with Crippen LogP contribution in [0.15, 0.2) is 0 Å². The molecule has 0 spiro atoms. The Kier molecular flexibility index (Phi) is 6.11. The first kappa shape index (κ1) is 15.3. The molecule has 7 heteroatoms. The van der Waals surface area contributed by atoms with Crippen LogP contribution in [0.25, 0.3) is 0 Å². The number of carbonyl (C=O) groups is 3. The Morgan fingerprint density at radius 1 is 1.32 bits per heavy atom. The second kappa shape index (κ2) is 7.60. The van der Waals surface area contributed by atoms with Gasteiger partial charge in [-0.25, -0.2) is 9.59 Å². The molecule has 3 amide bonds. The largest absolute Gasteiger partial charge is 0.480 e. The fourth-order valence-corrected chi connectivity index (χ4v) is 1.75. The van der Waals surface area contributed by atoms with Gasteiger partial charge in [-0.15, -0.1) is 0 Å². The lowest BCUT2D eigenvalue weighted by molar-refractivity contribution is -0.139. The third kappa shape index (κ3) is 7.28. The van der Waals surface area contributed by atoms with Gasteiger partial charge in [-0.3, -0.25) is 4.79 Å². The zero-order valence-corrected chi connectivity index (χ0v) is 10.9. The number of aliphatic carboxylic acids is 1. The summed E-state index contributed by atoms with van der Waals surface area (Å²) in [5.41, 5.74) is 4.94. The summed E-state index contributed by atoms with van der Waals surface area (Å²) >= 11 is 0. The molecule has 1 fully saturated rings. The summed E-state index contributed by atoms with van der Waals surface area (Å²) in [5, 5.41) is 13.8. The molecular weight excluding hydrogens is 250 g/mol. The van der Waals surface area contributed by atoms with E-state index in [1.807, 2.05) is 0 Å². The van der Waals surface area contributed by atoms with E-state index in [0.717, 1.165) is 18.8 Å². The van der Waals surface area contributed by atoms with Crippen molar-refractivity contribution < 1.29 is 19.5 Å². The van der Waals surface area contributed by atoms with Crippen LogP contribution < -0.4 is 16.4 Å². The Morgan fingerprint density at radius 3 is 2.53 bits per heavy atom. The number of carboxylic acid groups (broad SMARTS) is 1. The van der Waals surface area contributed by atoms with Crippen LogP contribution in [0.1, 0.15) is 38.5 Å². The van der Waals surface area contributed by atoms with Gasteiger partial charge in [-0.2, -0.15) is 0 Å². The van der Waals surface area contributed by atoms with Gasteiger partial charge in [0.1, 0.15) is 6.04 Å². The molecular formula is C12H21N3O4. The van der Waals surface area contributed by atoms with Crippen LogP contribution in [0.3, 0.4) is 0 Å². The van der Waals surface area contributed by atoms with Crippen molar-refractivity contribution in [1.29, 1.82) is 0 Å². The number of nitrogens with two attached hydrogens (primary N) is 1. The smallest absolute Gasteiger partial charge is 0.326 e. The van der Waals surface area contributed by atoms with Crippen molar-refractivity contribution in [2.24, 2.45) is 11.7 Å². The molecule has 0 aromatic heterocycles. The van der Waals surface area contributed by atoms with Gasteiger partial charge < -0.3 is 21.5 Å². The van der Waals surface area contributed by atoms with E-state index >= 15 is 0 Å². The van der Waals surface area contributed by atoms with Crippen molar-refractivity contribution in [3.05, 3.63) is 0 Å². The summed E-state index contributed by atoms with van der Waals surface area (Å²) in [7, 11) is 0. The average molecular weight is 271 g/mol. The van der Waals surface area contributed by atoms with E-state index in [0.29, 0.717) is 6.54 Å². The van der Waals surface area contributed by atoms with E-state index in [1.54, 1.807) is 0 Å². The number of urea groups is 1. The number of hydrogen-bond acceptors (Lipinski definition) is 3. The first-order chi connectivity index (χ1) is 8.99. The van der Waals surface area contributed by atoms with Gasteiger partial charge in [-0.05, 0) is 25.2 Å². The molecule has 0 aliphatic heterocycles.